The molecule has 64 valence electrons. The Kier molecular flexibility index (Phi) is 3.00. The lowest BCUT2D eigenvalue weighted by Gasteiger charge is -1.97. The number of hydrogen-bond donors (Lipinski definition) is 1. The van der Waals surface area contributed by atoms with Crippen molar-refractivity contribution in [2.24, 2.45) is 0 Å². The van der Waals surface area contributed by atoms with Gasteiger partial charge in [-0.15, -0.1) is 0 Å². The molecule has 0 atom stereocenters. The molecule has 0 aromatic heterocycles. The van der Waals surface area contributed by atoms with Gasteiger partial charge in [-0.05, 0) is 18.6 Å². The predicted molar refractivity (Wildman–Crippen MR) is 47.3 cm³/mol. The van der Waals surface area contributed by atoms with Gasteiger partial charge in [0.05, 0.1) is 6.61 Å². The van der Waals surface area contributed by atoms with Crippen molar-refractivity contribution in [1.82, 2.24) is 0 Å². The highest BCUT2D eigenvalue weighted by Gasteiger charge is 1.96. The minimum absolute atomic E-state index is 0.0622. The van der Waals surface area contributed by atoms with Gasteiger partial charge in [0.25, 0.3) is 0 Å². The van der Waals surface area contributed by atoms with Crippen LogP contribution in [-0.4, -0.2) is 11.7 Å². The molecule has 1 N–H and O–H groups in total. The Morgan fingerprint density at radius 3 is 2.83 bits per heavy atom. The first-order valence-electron chi connectivity index (χ1n) is 3.77. The number of hydrogen-bond acceptors (Lipinski definition) is 1. The molecule has 1 aromatic rings. The van der Waals surface area contributed by atoms with Gasteiger partial charge in [0, 0.05) is 5.56 Å². The van der Waals surface area contributed by atoms with Crippen LogP contribution in [0.2, 0.25) is 0 Å². The van der Waals surface area contributed by atoms with Crippen molar-refractivity contribution in [3.8, 4) is 0 Å². The van der Waals surface area contributed by atoms with Crippen LogP contribution in [0.1, 0.15) is 11.1 Å². The minimum atomic E-state index is -0.250. The molecule has 0 aliphatic rings. The number of benzene rings is 1. The van der Waals surface area contributed by atoms with Gasteiger partial charge in [-0.3, -0.25) is 0 Å². The molecule has 0 unspecified atom stereocenters. The summed E-state index contributed by atoms with van der Waals surface area (Å²) in [6, 6.07) is 4.99. The molecule has 0 saturated heterocycles. The lowest BCUT2D eigenvalue weighted by Crippen LogP contribution is -1.83. The Bertz CT molecular complexity index is 292. The molecule has 0 aliphatic heterocycles. The highest BCUT2D eigenvalue weighted by molar-refractivity contribution is 5.50. The summed E-state index contributed by atoms with van der Waals surface area (Å²) in [7, 11) is 0. The van der Waals surface area contributed by atoms with Crippen LogP contribution in [0.25, 0.3) is 6.08 Å². The first-order chi connectivity index (χ1) is 5.74. The van der Waals surface area contributed by atoms with Crippen LogP contribution in [0.5, 0.6) is 0 Å². The van der Waals surface area contributed by atoms with E-state index in [1.807, 2.05) is 13.0 Å². The summed E-state index contributed by atoms with van der Waals surface area (Å²) in [4.78, 5) is 0. The Labute approximate surface area is 71.2 Å². The maximum absolute atomic E-state index is 13.0. The third-order valence-corrected chi connectivity index (χ3v) is 1.56. The average Bonchev–Trinajstić information content (AvgIpc) is 2.03. The molecular weight excluding hydrogens is 155 g/mol. The third-order valence-electron chi connectivity index (χ3n) is 1.56. The summed E-state index contributed by atoms with van der Waals surface area (Å²) in [5.74, 6) is -0.250. The zero-order valence-electron chi connectivity index (χ0n) is 6.92. The zero-order chi connectivity index (χ0) is 8.97. The topological polar surface area (TPSA) is 20.2 Å². The number of aliphatic hydroxyl groups excluding tert-OH is 1. The van der Waals surface area contributed by atoms with Crippen molar-refractivity contribution in [1.29, 1.82) is 0 Å². The van der Waals surface area contributed by atoms with Gasteiger partial charge >= 0.3 is 0 Å². The van der Waals surface area contributed by atoms with Gasteiger partial charge in [0.15, 0.2) is 0 Å². The molecule has 2 heteroatoms. The van der Waals surface area contributed by atoms with E-state index in [1.54, 1.807) is 12.1 Å². The van der Waals surface area contributed by atoms with Crippen LogP contribution in [-0.2, 0) is 0 Å². The summed E-state index contributed by atoms with van der Waals surface area (Å²) in [5.41, 5.74) is 1.41. The van der Waals surface area contributed by atoms with Gasteiger partial charge in [-0.2, -0.15) is 0 Å². The number of aryl methyl sites for hydroxylation is 1. The minimum Gasteiger partial charge on any atom is -0.392 e. The quantitative estimate of drug-likeness (QED) is 0.713. The lowest BCUT2D eigenvalue weighted by atomic mass is 10.1. The molecule has 0 aliphatic carbocycles. The molecule has 0 amide bonds. The zero-order valence-corrected chi connectivity index (χ0v) is 6.92. The van der Waals surface area contributed by atoms with Crippen LogP contribution in [0.4, 0.5) is 4.39 Å². The molecule has 0 radical (unpaired) electrons. The van der Waals surface area contributed by atoms with E-state index < -0.39 is 0 Å². The fourth-order valence-corrected chi connectivity index (χ4v) is 0.947. The SMILES string of the molecule is Cc1ccc(C=CCO)c(F)c1. The lowest BCUT2D eigenvalue weighted by molar-refractivity contribution is 0.343. The smallest absolute Gasteiger partial charge is 0.130 e. The molecule has 0 spiro atoms. The molecular formula is C10H11FO. The van der Waals surface area contributed by atoms with Crippen LogP contribution in [0.3, 0.4) is 0 Å². The fourth-order valence-electron chi connectivity index (χ4n) is 0.947. The van der Waals surface area contributed by atoms with Crippen molar-refractivity contribution in [2.45, 2.75) is 6.92 Å². The number of halogens is 1. The Morgan fingerprint density at radius 1 is 1.50 bits per heavy atom. The highest BCUT2D eigenvalue weighted by atomic mass is 19.1. The van der Waals surface area contributed by atoms with E-state index in [-0.39, 0.29) is 12.4 Å². The molecule has 1 nitrogen and oxygen atoms in total. The van der Waals surface area contributed by atoms with Crippen LogP contribution < -0.4 is 0 Å². The Balaban J connectivity index is 2.94. The second kappa shape index (κ2) is 4.02. The second-order valence-electron chi connectivity index (χ2n) is 2.61. The van der Waals surface area contributed by atoms with E-state index in [0.717, 1.165) is 5.56 Å². The summed E-state index contributed by atoms with van der Waals surface area (Å²) in [5, 5.41) is 8.46. The highest BCUT2D eigenvalue weighted by Crippen LogP contribution is 2.10. The van der Waals surface area contributed by atoms with Crippen molar-refractivity contribution < 1.29 is 9.50 Å². The molecule has 0 saturated carbocycles. The van der Waals surface area contributed by atoms with Crippen LogP contribution in [0, 0.1) is 12.7 Å². The molecule has 0 fully saturated rings. The molecule has 0 bridgehead atoms. The van der Waals surface area contributed by atoms with E-state index in [9.17, 15) is 4.39 Å². The number of rotatable bonds is 2. The first-order valence-corrected chi connectivity index (χ1v) is 3.77. The van der Waals surface area contributed by atoms with Crippen LogP contribution >= 0.6 is 0 Å². The second-order valence-corrected chi connectivity index (χ2v) is 2.61. The normalized spacial score (nSPS) is 10.9. The summed E-state index contributed by atoms with van der Waals surface area (Å²) < 4.78 is 13.0. The maximum Gasteiger partial charge on any atom is 0.130 e. The molecule has 12 heavy (non-hydrogen) atoms. The van der Waals surface area contributed by atoms with Gasteiger partial charge in [0.2, 0.25) is 0 Å². The fraction of sp³-hybridized carbons (Fsp3) is 0.200. The van der Waals surface area contributed by atoms with Gasteiger partial charge < -0.3 is 5.11 Å². The molecule has 1 aromatic carbocycles. The summed E-state index contributed by atoms with van der Waals surface area (Å²) in [6.45, 7) is 1.77. The Morgan fingerprint density at radius 2 is 2.25 bits per heavy atom. The summed E-state index contributed by atoms with van der Waals surface area (Å²) in [6.07, 6.45) is 3.07. The van der Waals surface area contributed by atoms with Crippen molar-refractivity contribution in [3.05, 3.63) is 41.2 Å². The monoisotopic (exact) mass is 166 g/mol. The van der Waals surface area contributed by atoms with Gasteiger partial charge in [0.1, 0.15) is 5.82 Å². The van der Waals surface area contributed by atoms with E-state index in [1.165, 1.54) is 12.1 Å². The van der Waals surface area contributed by atoms with Crippen molar-refractivity contribution in [2.75, 3.05) is 6.61 Å². The molecule has 0 heterocycles. The van der Waals surface area contributed by atoms with Crippen molar-refractivity contribution in [3.63, 3.8) is 0 Å². The maximum atomic E-state index is 13.0. The average molecular weight is 166 g/mol. The Hall–Kier alpha value is -1.15. The van der Waals surface area contributed by atoms with E-state index >= 15 is 0 Å². The largest absolute Gasteiger partial charge is 0.392 e. The third kappa shape index (κ3) is 2.17. The van der Waals surface area contributed by atoms with Gasteiger partial charge in [-0.25, -0.2) is 4.39 Å². The van der Waals surface area contributed by atoms with E-state index in [0.29, 0.717) is 5.56 Å². The van der Waals surface area contributed by atoms with Crippen LogP contribution in [0.15, 0.2) is 24.3 Å². The summed E-state index contributed by atoms with van der Waals surface area (Å²) >= 11 is 0. The van der Waals surface area contributed by atoms with Crippen molar-refractivity contribution >= 4 is 6.08 Å². The standard InChI is InChI=1S/C10H11FO/c1-8-4-5-9(3-2-6-12)10(11)7-8/h2-5,7,12H,6H2,1H3. The first kappa shape index (κ1) is 8.94. The van der Waals surface area contributed by atoms with E-state index in [4.69, 9.17) is 5.11 Å². The van der Waals surface area contributed by atoms with E-state index in [2.05, 4.69) is 0 Å². The van der Waals surface area contributed by atoms with Gasteiger partial charge in [-0.1, -0.05) is 24.3 Å². The number of aliphatic hydroxyl groups is 1. The predicted octanol–water partition coefficient (Wildman–Crippen LogP) is 2.14. The molecule has 1 rings (SSSR count).